The first-order chi connectivity index (χ1) is 12.1. The number of carbonyl (C=O) groups is 1. The largest absolute Gasteiger partial charge is 0.281 e. The number of hydrogen-bond acceptors (Lipinski definition) is 4. The molecule has 0 radical (unpaired) electrons. The Kier molecular flexibility index (Phi) is 5.53. The number of aromatic nitrogens is 1. The molecule has 1 aromatic heterocycles. The van der Waals surface area contributed by atoms with Gasteiger partial charge in [0.15, 0.2) is 0 Å². The lowest BCUT2D eigenvalue weighted by Crippen LogP contribution is -2.32. The van der Waals surface area contributed by atoms with E-state index in [9.17, 15) is 4.79 Å². The van der Waals surface area contributed by atoms with Gasteiger partial charge in [-0.3, -0.25) is 19.5 Å². The standard InChI is InChI=1S/C17H16Cl2N4O2/c1-12-4-2-5-13(20-12)10-25-23-9-8-22(11-24)17(23)21-16-14(18)6-3-7-15(16)19/h2-7,11H,8-10H2,1H3/b21-17-. The minimum absolute atomic E-state index is 0.268. The van der Waals surface area contributed by atoms with Crippen LogP contribution >= 0.6 is 23.2 Å². The first-order valence-corrected chi connectivity index (χ1v) is 8.41. The number of nitrogens with zero attached hydrogens (tertiary/aromatic N) is 4. The van der Waals surface area contributed by atoms with Gasteiger partial charge in [-0.2, -0.15) is 0 Å². The molecule has 0 N–H and O–H groups in total. The molecule has 1 aliphatic heterocycles. The number of aliphatic imine (C=N–C) groups is 1. The Morgan fingerprint density at radius 3 is 2.60 bits per heavy atom. The maximum Gasteiger partial charge on any atom is 0.233 e. The summed E-state index contributed by atoms with van der Waals surface area (Å²) in [5.74, 6) is 0.345. The normalized spacial score (nSPS) is 15.9. The van der Waals surface area contributed by atoms with Crippen molar-refractivity contribution in [3.63, 3.8) is 0 Å². The molecule has 1 saturated heterocycles. The van der Waals surface area contributed by atoms with E-state index < -0.39 is 0 Å². The molecule has 0 atom stereocenters. The van der Waals surface area contributed by atoms with Crippen LogP contribution in [0.3, 0.4) is 0 Å². The fourth-order valence-electron chi connectivity index (χ4n) is 2.40. The lowest BCUT2D eigenvalue weighted by atomic mass is 10.3. The molecule has 1 aromatic carbocycles. The van der Waals surface area contributed by atoms with Gasteiger partial charge >= 0.3 is 0 Å². The van der Waals surface area contributed by atoms with Gasteiger partial charge in [0.2, 0.25) is 12.4 Å². The highest BCUT2D eigenvalue weighted by Gasteiger charge is 2.28. The molecule has 0 aliphatic carbocycles. The van der Waals surface area contributed by atoms with Gasteiger partial charge in [-0.15, -0.1) is 0 Å². The van der Waals surface area contributed by atoms with Crippen molar-refractivity contribution in [1.82, 2.24) is 14.9 Å². The highest BCUT2D eigenvalue weighted by atomic mass is 35.5. The average molecular weight is 379 g/mol. The molecule has 3 rings (SSSR count). The minimum Gasteiger partial charge on any atom is -0.281 e. The minimum atomic E-state index is 0.268. The van der Waals surface area contributed by atoms with Crippen molar-refractivity contribution in [2.24, 2.45) is 4.99 Å². The smallest absolute Gasteiger partial charge is 0.233 e. The van der Waals surface area contributed by atoms with Crippen LogP contribution in [0.5, 0.6) is 0 Å². The lowest BCUT2D eigenvalue weighted by Gasteiger charge is -2.19. The summed E-state index contributed by atoms with van der Waals surface area (Å²) in [6.45, 7) is 3.14. The summed E-state index contributed by atoms with van der Waals surface area (Å²) < 4.78 is 0. The van der Waals surface area contributed by atoms with E-state index in [2.05, 4.69) is 9.98 Å². The van der Waals surface area contributed by atoms with Crippen LogP contribution in [0.1, 0.15) is 11.4 Å². The Bertz CT molecular complexity index is 793. The Hall–Kier alpha value is -2.15. The van der Waals surface area contributed by atoms with Gasteiger partial charge in [-0.1, -0.05) is 35.3 Å². The van der Waals surface area contributed by atoms with Gasteiger partial charge in [0.1, 0.15) is 12.3 Å². The van der Waals surface area contributed by atoms with Crippen molar-refractivity contribution in [3.05, 3.63) is 57.8 Å². The van der Waals surface area contributed by atoms with Gasteiger partial charge in [-0.05, 0) is 31.2 Å². The number of guanidine groups is 1. The number of rotatable bonds is 5. The molecule has 0 bridgehead atoms. The molecule has 6 nitrogen and oxygen atoms in total. The van der Waals surface area contributed by atoms with Crippen LogP contribution in [0, 0.1) is 6.92 Å². The number of hydrogen-bond donors (Lipinski definition) is 0. The van der Waals surface area contributed by atoms with Gasteiger partial charge in [-0.25, -0.2) is 10.1 Å². The molecular weight excluding hydrogens is 363 g/mol. The van der Waals surface area contributed by atoms with E-state index in [1.54, 1.807) is 23.3 Å². The zero-order valence-electron chi connectivity index (χ0n) is 13.5. The van der Waals surface area contributed by atoms with Crippen LogP contribution in [0.15, 0.2) is 41.4 Å². The lowest BCUT2D eigenvalue weighted by molar-refractivity contribution is -0.115. The summed E-state index contributed by atoms with van der Waals surface area (Å²) in [5.41, 5.74) is 2.10. The second kappa shape index (κ2) is 7.82. The van der Waals surface area contributed by atoms with Crippen molar-refractivity contribution in [2.45, 2.75) is 13.5 Å². The van der Waals surface area contributed by atoms with Crippen LogP contribution in [0.2, 0.25) is 10.0 Å². The van der Waals surface area contributed by atoms with Crippen LogP contribution in [-0.4, -0.2) is 40.4 Å². The highest BCUT2D eigenvalue weighted by molar-refractivity contribution is 6.38. The maximum atomic E-state index is 11.3. The van der Waals surface area contributed by atoms with Crippen LogP contribution in [0.4, 0.5) is 5.69 Å². The molecule has 0 saturated carbocycles. The maximum absolute atomic E-state index is 11.3. The number of carbonyl (C=O) groups excluding carboxylic acids is 1. The van der Waals surface area contributed by atoms with Crippen molar-refractivity contribution < 1.29 is 9.63 Å². The monoisotopic (exact) mass is 378 g/mol. The molecule has 130 valence electrons. The molecule has 1 amide bonds. The number of benzene rings is 1. The third kappa shape index (κ3) is 4.10. The van der Waals surface area contributed by atoms with E-state index in [-0.39, 0.29) is 6.61 Å². The molecule has 0 unspecified atom stereocenters. The first-order valence-electron chi connectivity index (χ1n) is 7.66. The predicted molar refractivity (Wildman–Crippen MR) is 96.8 cm³/mol. The summed E-state index contributed by atoms with van der Waals surface area (Å²) >= 11 is 12.3. The van der Waals surface area contributed by atoms with Gasteiger partial charge in [0.05, 0.1) is 22.3 Å². The second-order valence-electron chi connectivity index (χ2n) is 5.43. The number of halogens is 2. The third-order valence-electron chi connectivity index (χ3n) is 3.61. The molecular formula is C17H16Cl2N4O2. The Labute approximate surface area is 155 Å². The van der Waals surface area contributed by atoms with E-state index in [0.717, 1.165) is 11.4 Å². The molecule has 25 heavy (non-hydrogen) atoms. The van der Waals surface area contributed by atoms with Crippen molar-refractivity contribution >= 4 is 41.3 Å². The molecule has 2 heterocycles. The quantitative estimate of drug-likeness (QED) is 0.745. The molecule has 1 fully saturated rings. The molecule has 0 spiro atoms. The van der Waals surface area contributed by atoms with Crippen LogP contribution in [-0.2, 0) is 16.2 Å². The van der Waals surface area contributed by atoms with E-state index in [1.807, 2.05) is 25.1 Å². The van der Waals surface area contributed by atoms with Crippen LogP contribution in [0.25, 0.3) is 0 Å². The fourth-order valence-corrected chi connectivity index (χ4v) is 2.89. The number of hydroxylamine groups is 2. The zero-order chi connectivity index (χ0) is 17.8. The SMILES string of the molecule is Cc1cccc(CON2CCN(C=O)/C2=N/c2c(Cl)cccc2Cl)n1. The Morgan fingerprint density at radius 2 is 1.92 bits per heavy atom. The average Bonchev–Trinajstić information content (AvgIpc) is 2.98. The zero-order valence-corrected chi connectivity index (χ0v) is 15.0. The predicted octanol–water partition coefficient (Wildman–Crippen LogP) is 3.59. The molecule has 8 heteroatoms. The highest BCUT2D eigenvalue weighted by Crippen LogP contribution is 2.33. The summed E-state index contributed by atoms with van der Waals surface area (Å²) in [6, 6.07) is 10.8. The van der Waals surface area contributed by atoms with Gasteiger partial charge in [0, 0.05) is 12.2 Å². The van der Waals surface area contributed by atoms with E-state index in [4.69, 9.17) is 28.0 Å². The van der Waals surface area contributed by atoms with Crippen molar-refractivity contribution in [2.75, 3.05) is 13.1 Å². The summed E-state index contributed by atoms with van der Waals surface area (Å²) in [5, 5.41) is 2.36. The summed E-state index contributed by atoms with van der Waals surface area (Å²) in [4.78, 5) is 27.4. The number of para-hydroxylation sites is 1. The van der Waals surface area contributed by atoms with Gasteiger partial charge < -0.3 is 0 Å². The Morgan fingerprint density at radius 1 is 1.20 bits per heavy atom. The van der Waals surface area contributed by atoms with Crippen molar-refractivity contribution in [3.8, 4) is 0 Å². The summed E-state index contributed by atoms with van der Waals surface area (Å²) in [7, 11) is 0. The van der Waals surface area contributed by atoms with Crippen molar-refractivity contribution in [1.29, 1.82) is 0 Å². The topological polar surface area (TPSA) is 58.0 Å². The molecule has 2 aromatic rings. The first kappa shape index (κ1) is 17.7. The second-order valence-corrected chi connectivity index (χ2v) is 6.24. The Balaban J connectivity index is 1.83. The number of pyridine rings is 1. The number of aryl methyl sites for hydroxylation is 1. The van der Waals surface area contributed by atoms with Crippen LogP contribution < -0.4 is 0 Å². The summed E-state index contributed by atoms with van der Waals surface area (Å²) in [6.07, 6.45) is 0.706. The number of amides is 1. The van der Waals surface area contributed by atoms with E-state index >= 15 is 0 Å². The fraction of sp³-hybridized carbons (Fsp3) is 0.235. The van der Waals surface area contributed by atoms with E-state index in [1.165, 1.54) is 4.90 Å². The van der Waals surface area contributed by atoms with E-state index in [0.29, 0.717) is 41.2 Å². The van der Waals surface area contributed by atoms with Gasteiger partial charge in [0.25, 0.3) is 0 Å². The molecule has 1 aliphatic rings. The third-order valence-corrected chi connectivity index (χ3v) is 4.22.